The largest absolute Gasteiger partial charge is 0.147 e. The average molecular weight is 331 g/mol. The summed E-state index contributed by atoms with van der Waals surface area (Å²) in [5.74, 6) is 0. The molecule has 0 amide bonds. The van der Waals surface area contributed by atoms with E-state index in [4.69, 9.17) is 2.81 Å². The van der Waals surface area contributed by atoms with Crippen LogP contribution >= 0.6 is 12.4 Å². The molecule has 0 radical (unpaired) electrons. The summed E-state index contributed by atoms with van der Waals surface area (Å²) in [7, 11) is 0. The van der Waals surface area contributed by atoms with Gasteiger partial charge in [0.05, 0.1) is 0 Å². The molecule has 0 fully saturated rings. The Kier molecular flexibility index (Phi) is 5.63. The minimum absolute atomic E-state index is 0. The molecular weight excluding hydrogens is 311 g/mol. The van der Waals surface area contributed by atoms with Crippen molar-refractivity contribution >= 4 is 12.4 Å². The van der Waals surface area contributed by atoms with E-state index in [2.05, 4.69) is 57.2 Å². The Labute approximate surface area is 119 Å². The van der Waals surface area contributed by atoms with Gasteiger partial charge in [-0.15, -0.1) is 12.4 Å². The fourth-order valence-corrected chi connectivity index (χ4v) is 7.75. The summed E-state index contributed by atoms with van der Waals surface area (Å²) in [6.07, 6.45) is 15.6. The molecule has 0 aromatic rings. The van der Waals surface area contributed by atoms with Crippen molar-refractivity contribution in [3.63, 3.8) is 0 Å². The average Bonchev–Trinajstić information content (AvgIpc) is 2.86. The first-order chi connectivity index (χ1) is 7.56. The molecule has 0 heterocycles. The molecule has 1 nitrogen and oxygen atoms in total. The third-order valence-electron chi connectivity index (χ3n) is 2.53. The summed E-state index contributed by atoms with van der Waals surface area (Å²) in [6.45, 7) is 6.50. The second-order valence-electron chi connectivity index (χ2n) is 5.19. The van der Waals surface area contributed by atoms with Gasteiger partial charge in [-0.3, -0.25) is 0 Å². The van der Waals surface area contributed by atoms with Gasteiger partial charge in [-0.2, -0.15) is 0 Å². The molecule has 0 aliphatic heterocycles. The quantitative estimate of drug-likeness (QED) is 0.743. The molecule has 93 valence electrons. The van der Waals surface area contributed by atoms with Gasteiger partial charge in [-0.05, 0) is 0 Å². The smallest absolute Gasteiger partial charge is 0.147 e. The van der Waals surface area contributed by atoms with Gasteiger partial charge < -0.3 is 0 Å². The SMILES string of the molecule is CC(C)(C)[O][Zr]([C]1=CC=CC1)[C]1=CC=CC1.Cl. The summed E-state index contributed by atoms with van der Waals surface area (Å²) in [5.41, 5.74) is -0.0123. The van der Waals surface area contributed by atoms with E-state index in [1.54, 1.807) is 6.56 Å². The van der Waals surface area contributed by atoms with Crippen molar-refractivity contribution in [1.82, 2.24) is 0 Å². The molecule has 17 heavy (non-hydrogen) atoms. The molecule has 3 heteroatoms. The Hall–Kier alpha value is 0.0931. The Morgan fingerprint density at radius 2 is 1.47 bits per heavy atom. The van der Waals surface area contributed by atoms with E-state index in [1.165, 1.54) is 0 Å². The number of hydrogen-bond donors (Lipinski definition) is 0. The molecule has 2 aliphatic carbocycles. The van der Waals surface area contributed by atoms with Gasteiger partial charge in [0.1, 0.15) is 0 Å². The van der Waals surface area contributed by atoms with E-state index in [1.807, 2.05) is 0 Å². The Morgan fingerprint density at radius 3 is 1.76 bits per heavy atom. The molecule has 0 spiro atoms. The van der Waals surface area contributed by atoms with E-state index < -0.39 is 22.2 Å². The molecule has 0 bridgehead atoms. The van der Waals surface area contributed by atoms with Crippen molar-refractivity contribution < 1.29 is 25.0 Å². The van der Waals surface area contributed by atoms with Gasteiger partial charge in [0.25, 0.3) is 0 Å². The standard InChI is InChI=1S/2C5H5.C4H9O.ClH.Zr/c2*1-2-4-5-3-1;1-4(2,3)5;;/h2*1-3H,4H2;1-3H3;1H;/q;;-1;;+1. The minimum atomic E-state index is -2.00. The van der Waals surface area contributed by atoms with Crippen LogP contribution in [0.3, 0.4) is 0 Å². The first kappa shape index (κ1) is 15.2. The molecule has 2 aliphatic rings. The van der Waals surface area contributed by atoms with Crippen LogP contribution in [0.2, 0.25) is 0 Å². The van der Waals surface area contributed by atoms with E-state index in [-0.39, 0.29) is 18.0 Å². The fourth-order valence-electron chi connectivity index (χ4n) is 1.87. The fraction of sp³-hybridized carbons (Fsp3) is 0.429. The van der Waals surface area contributed by atoms with E-state index in [0.717, 1.165) is 12.8 Å². The van der Waals surface area contributed by atoms with Gasteiger partial charge >= 0.3 is 107 Å². The number of rotatable bonds is 3. The van der Waals surface area contributed by atoms with Crippen molar-refractivity contribution in [1.29, 1.82) is 0 Å². The van der Waals surface area contributed by atoms with Crippen molar-refractivity contribution in [2.24, 2.45) is 0 Å². The van der Waals surface area contributed by atoms with Crippen molar-refractivity contribution in [2.75, 3.05) is 0 Å². The molecule has 0 saturated heterocycles. The Balaban J connectivity index is 0.00000144. The molecule has 2 rings (SSSR count). The van der Waals surface area contributed by atoms with Crippen LogP contribution in [-0.2, 0) is 25.0 Å². The molecule has 0 N–H and O–H groups in total. The normalized spacial score (nSPS) is 17.8. The van der Waals surface area contributed by atoms with Crippen LogP contribution in [0.25, 0.3) is 0 Å². The molecule has 0 aromatic heterocycles. The van der Waals surface area contributed by atoms with E-state index in [9.17, 15) is 0 Å². The maximum atomic E-state index is 6.39. The molecule has 0 aromatic carbocycles. The molecule has 0 atom stereocenters. The van der Waals surface area contributed by atoms with Crippen molar-refractivity contribution in [3.8, 4) is 0 Å². The van der Waals surface area contributed by atoms with Crippen LogP contribution in [0.1, 0.15) is 33.6 Å². The van der Waals surface area contributed by atoms with Crippen LogP contribution in [0.15, 0.2) is 43.0 Å². The molecular formula is C14H20ClOZr. The Bertz CT molecular complexity index is 356. The Morgan fingerprint density at radius 1 is 1.00 bits per heavy atom. The summed E-state index contributed by atoms with van der Waals surface area (Å²) < 4.78 is 9.54. The second-order valence-corrected chi connectivity index (χ2v) is 10.5. The van der Waals surface area contributed by atoms with Gasteiger partial charge in [0.2, 0.25) is 0 Å². The molecule has 0 saturated carbocycles. The van der Waals surface area contributed by atoms with Gasteiger partial charge in [-0.1, -0.05) is 0 Å². The predicted octanol–water partition coefficient (Wildman–Crippen LogP) is 4.44. The number of halogens is 1. The summed E-state index contributed by atoms with van der Waals surface area (Å²) in [5, 5.41) is 0. The van der Waals surface area contributed by atoms with E-state index in [0.29, 0.717) is 0 Å². The zero-order chi connectivity index (χ0) is 11.6. The van der Waals surface area contributed by atoms with Crippen molar-refractivity contribution in [2.45, 2.75) is 39.2 Å². The van der Waals surface area contributed by atoms with Gasteiger partial charge in [-0.25, -0.2) is 0 Å². The first-order valence-electron chi connectivity index (χ1n) is 5.84. The number of hydrogen-bond acceptors (Lipinski definition) is 1. The monoisotopic (exact) mass is 329 g/mol. The van der Waals surface area contributed by atoms with Crippen LogP contribution in [0, 0.1) is 0 Å². The first-order valence-corrected chi connectivity index (χ1v) is 9.30. The zero-order valence-corrected chi connectivity index (χ0v) is 14.0. The summed E-state index contributed by atoms with van der Waals surface area (Å²) in [4.78, 5) is 0. The van der Waals surface area contributed by atoms with Crippen molar-refractivity contribution in [3.05, 3.63) is 43.0 Å². The van der Waals surface area contributed by atoms with Crippen LogP contribution in [0.4, 0.5) is 0 Å². The maximum Gasteiger partial charge on any atom is -0.147 e. The topological polar surface area (TPSA) is 9.23 Å². The molecule has 0 unspecified atom stereocenters. The summed E-state index contributed by atoms with van der Waals surface area (Å²) >= 11 is -2.00. The summed E-state index contributed by atoms with van der Waals surface area (Å²) in [6, 6.07) is 0. The zero-order valence-electron chi connectivity index (χ0n) is 10.7. The van der Waals surface area contributed by atoms with Gasteiger partial charge in [0, 0.05) is 0 Å². The predicted molar refractivity (Wildman–Crippen MR) is 71.8 cm³/mol. The minimum Gasteiger partial charge on any atom is -0.147 e. The van der Waals surface area contributed by atoms with E-state index >= 15 is 0 Å². The number of allylic oxidation sites excluding steroid dienone is 8. The maximum absolute atomic E-state index is 6.39. The third-order valence-corrected chi connectivity index (χ3v) is 9.23. The van der Waals surface area contributed by atoms with Crippen LogP contribution in [0.5, 0.6) is 0 Å². The van der Waals surface area contributed by atoms with Crippen LogP contribution in [-0.4, -0.2) is 5.60 Å². The van der Waals surface area contributed by atoms with Crippen LogP contribution < -0.4 is 0 Å². The van der Waals surface area contributed by atoms with Gasteiger partial charge in [0.15, 0.2) is 0 Å². The third kappa shape index (κ3) is 4.35. The second kappa shape index (κ2) is 6.32.